The smallest absolute Gasteiger partial charge is 0.329 e. The zero-order chi connectivity index (χ0) is 18.2. The summed E-state index contributed by atoms with van der Waals surface area (Å²) in [6, 6.07) is 11.2. The molecular formula is C17H17N3O5. The number of para-hydroxylation sites is 2. The van der Waals surface area contributed by atoms with Crippen molar-refractivity contribution in [2.75, 3.05) is 19.5 Å². The number of ether oxygens (including phenoxy) is 2. The predicted octanol–water partition coefficient (Wildman–Crippen LogP) is 1.50. The van der Waals surface area contributed by atoms with E-state index in [9.17, 15) is 14.7 Å². The third-order valence-corrected chi connectivity index (χ3v) is 3.14. The Morgan fingerprint density at radius 3 is 2.48 bits per heavy atom. The van der Waals surface area contributed by atoms with E-state index in [1.54, 1.807) is 30.3 Å². The molecule has 0 aliphatic carbocycles. The summed E-state index contributed by atoms with van der Waals surface area (Å²) in [5.74, 6) is -1.13. The number of benzene rings is 2. The molecule has 0 aliphatic rings. The number of methoxy groups -OCH3 is 2. The maximum Gasteiger partial charge on any atom is 0.329 e. The highest BCUT2D eigenvalue weighted by molar-refractivity contribution is 6.39. The van der Waals surface area contributed by atoms with E-state index in [2.05, 4.69) is 15.8 Å². The molecular weight excluding hydrogens is 326 g/mol. The molecule has 8 heteroatoms. The number of hydrogen-bond donors (Lipinski definition) is 3. The number of rotatable bonds is 5. The van der Waals surface area contributed by atoms with E-state index in [4.69, 9.17) is 9.47 Å². The van der Waals surface area contributed by atoms with Crippen molar-refractivity contribution in [2.45, 2.75) is 0 Å². The van der Waals surface area contributed by atoms with Gasteiger partial charge in [0.05, 0.1) is 26.1 Å². The number of carbonyl (C=O) groups is 2. The Bertz CT molecular complexity index is 805. The first-order valence-corrected chi connectivity index (χ1v) is 7.19. The van der Waals surface area contributed by atoms with E-state index in [1.807, 2.05) is 0 Å². The lowest BCUT2D eigenvalue weighted by atomic mass is 10.2. The van der Waals surface area contributed by atoms with E-state index < -0.39 is 11.8 Å². The number of carbonyl (C=O) groups excluding carboxylic acids is 2. The minimum absolute atomic E-state index is 0.0140. The maximum atomic E-state index is 11.9. The van der Waals surface area contributed by atoms with Crippen molar-refractivity contribution < 1.29 is 24.2 Å². The monoisotopic (exact) mass is 343 g/mol. The number of nitrogens with zero attached hydrogens (tertiary/aromatic N) is 1. The van der Waals surface area contributed by atoms with Crippen molar-refractivity contribution in [3.05, 3.63) is 48.0 Å². The Labute approximate surface area is 144 Å². The normalized spacial score (nSPS) is 10.3. The van der Waals surface area contributed by atoms with Crippen LogP contribution in [0.25, 0.3) is 0 Å². The van der Waals surface area contributed by atoms with Crippen LogP contribution in [-0.2, 0) is 9.59 Å². The van der Waals surface area contributed by atoms with Gasteiger partial charge in [0.2, 0.25) is 0 Å². The first kappa shape index (κ1) is 17.8. The molecule has 130 valence electrons. The van der Waals surface area contributed by atoms with E-state index in [0.717, 1.165) is 0 Å². The second kappa shape index (κ2) is 8.34. The summed E-state index contributed by atoms with van der Waals surface area (Å²) in [6.07, 6.45) is 1.32. The molecule has 0 fully saturated rings. The summed E-state index contributed by atoms with van der Waals surface area (Å²) in [6.45, 7) is 0. The van der Waals surface area contributed by atoms with Crippen LogP contribution in [0.1, 0.15) is 5.56 Å². The molecule has 0 radical (unpaired) electrons. The van der Waals surface area contributed by atoms with Crippen LogP contribution in [0.4, 0.5) is 5.69 Å². The average molecular weight is 343 g/mol. The molecule has 0 bridgehead atoms. The maximum absolute atomic E-state index is 11.9. The lowest BCUT2D eigenvalue weighted by Crippen LogP contribution is -2.32. The molecule has 8 nitrogen and oxygen atoms in total. The SMILES string of the molecule is COc1cc(/C=N\NC(=O)C(=O)Nc2ccccc2OC)ccc1O. The van der Waals surface area contributed by atoms with Crippen molar-refractivity contribution in [1.29, 1.82) is 0 Å². The first-order valence-electron chi connectivity index (χ1n) is 7.19. The van der Waals surface area contributed by atoms with Gasteiger partial charge in [-0.2, -0.15) is 5.10 Å². The second-order valence-electron chi connectivity index (χ2n) is 4.78. The van der Waals surface area contributed by atoms with Gasteiger partial charge in [0.15, 0.2) is 11.5 Å². The summed E-state index contributed by atoms with van der Waals surface area (Å²) >= 11 is 0. The van der Waals surface area contributed by atoms with Gasteiger partial charge in [0, 0.05) is 0 Å². The van der Waals surface area contributed by atoms with Crippen LogP contribution < -0.4 is 20.2 Å². The molecule has 0 saturated heterocycles. The molecule has 0 saturated carbocycles. The fourth-order valence-electron chi connectivity index (χ4n) is 1.92. The van der Waals surface area contributed by atoms with Crippen LogP contribution >= 0.6 is 0 Å². The highest BCUT2D eigenvalue weighted by Crippen LogP contribution is 2.25. The van der Waals surface area contributed by atoms with Gasteiger partial charge < -0.3 is 19.9 Å². The van der Waals surface area contributed by atoms with Crippen molar-refractivity contribution >= 4 is 23.7 Å². The highest BCUT2D eigenvalue weighted by atomic mass is 16.5. The molecule has 0 aromatic heterocycles. The van der Waals surface area contributed by atoms with Gasteiger partial charge in [-0.25, -0.2) is 5.43 Å². The molecule has 0 spiro atoms. The largest absolute Gasteiger partial charge is 0.504 e. The van der Waals surface area contributed by atoms with Crippen molar-refractivity contribution in [2.24, 2.45) is 5.10 Å². The fraction of sp³-hybridized carbons (Fsp3) is 0.118. The number of anilines is 1. The van der Waals surface area contributed by atoms with Crippen LogP contribution in [0.2, 0.25) is 0 Å². The van der Waals surface area contributed by atoms with Crippen LogP contribution in [0.15, 0.2) is 47.6 Å². The number of aromatic hydroxyl groups is 1. The van der Waals surface area contributed by atoms with E-state index in [1.165, 1.54) is 32.6 Å². The lowest BCUT2D eigenvalue weighted by molar-refractivity contribution is -0.136. The number of phenolic OH excluding ortho intramolecular Hbond substituents is 1. The Kier molecular flexibility index (Phi) is 5.94. The molecule has 2 aromatic carbocycles. The summed E-state index contributed by atoms with van der Waals surface area (Å²) < 4.78 is 10.1. The third kappa shape index (κ3) is 4.71. The fourth-order valence-corrected chi connectivity index (χ4v) is 1.92. The number of hydrazone groups is 1. The van der Waals surface area contributed by atoms with Gasteiger partial charge in [0.1, 0.15) is 5.75 Å². The van der Waals surface area contributed by atoms with Gasteiger partial charge in [-0.3, -0.25) is 9.59 Å². The molecule has 25 heavy (non-hydrogen) atoms. The van der Waals surface area contributed by atoms with Crippen molar-refractivity contribution in [3.63, 3.8) is 0 Å². The van der Waals surface area contributed by atoms with Crippen LogP contribution in [0.3, 0.4) is 0 Å². The minimum atomic E-state index is -0.937. The van der Waals surface area contributed by atoms with Gasteiger partial charge in [-0.05, 0) is 35.9 Å². The number of nitrogens with one attached hydrogen (secondary N) is 2. The summed E-state index contributed by atoms with van der Waals surface area (Å²) in [7, 11) is 2.88. The number of hydrogen-bond acceptors (Lipinski definition) is 6. The Morgan fingerprint density at radius 1 is 1.04 bits per heavy atom. The third-order valence-electron chi connectivity index (χ3n) is 3.14. The van der Waals surface area contributed by atoms with Gasteiger partial charge in [-0.1, -0.05) is 12.1 Å². The zero-order valence-electron chi connectivity index (χ0n) is 13.6. The average Bonchev–Trinajstić information content (AvgIpc) is 2.63. The predicted molar refractivity (Wildman–Crippen MR) is 92.0 cm³/mol. The van der Waals surface area contributed by atoms with E-state index in [-0.39, 0.29) is 11.5 Å². The lowest BCUT2D eigenvalue weighted by Gasteiger charge is -2.08. The van der Waals surface area contributed by atoms with Crippen LogP contribution in [0, 0.1) is 0 Å². The molecule has 2 aromatic rings. The molecule has 0 atom stereocenters. The minimum Gasteiger partial charge on any atom is -0.504 e. The topological polar surface area (TPSA) is 109 Å². The van der Waals surface area contributed by atoms with Gasteiger partial charge in [-0.15, -0.1) is 0 Å². The van der Waals surface area contributed by atoms with Crippen LogP contribution in [0.5, 0.6) is 17.2 Å². The Morgan fingerprint density at radius 2 is 1.76 bits per heavy atom. The summed E-state index contributed by atoms with van der Waals surface area (Å²) in [5, 5.41) is 15.6. The first-order chi connectivity index (χ1) is 12.0. The second-order valence-corrected chi connectivity index (χ2v) is 4.78. The van der Waals surface area contributed by atoms with Gasteiger partial charge in [0.25, 0.3) is 0 Å². The Balaban J connectivity index is 1.96. The molecule has 2 rings (SSSR count). The molecule has 2 amide bonds. The quantitative estimate of drug-likeness (QED) is 0.433. The molecule has 3 N–H and O–H groups in total. The zero-order valence-corrected chi connectivity index (χ0v) is 13.6. The summed E-state index contributed by atoms with van der Waals surface area (Å²) in [5.41, 5.74) is 3.06. The van der Waals surface area contributed by atoms with Crippen molar-refractivity contribution in [3.8, 4) is 17.2 Å². The standard InChI is InChI=1S/C17H17N3O5/c1-24-14-6-4-3-5-12(14)19-16(22)17(23)20-18-10-11-7-8-13(21)15(9-11)25-2/h3-10,21H,1-2H3,(H,19,22)(H,20,23)/b18-10-. The van der Waals surface area contributed by atoms with Crippen LogP contribution in [-0.4, -0.2) is 37.4 Å². The number of amides is 2. The number of phenols is 1. The molecule has 0 aliphatic heterocycles. The molecule has 0 heterocycles. The highest BCUT2D eigenvalue weighted by Gasteiger charge is 2.14. The van der Waals surface area contributed by atoms with Crippen molar-refractivity contribution in [1.82, 2.24) is 5.43 Å². The summed E-state index contributed by atoms with van der Waals surface area (Å²) in [4.78, 5) is 23.6. The Hall–Kier alpha value is -3.55. The molecule has 0 unspecified atom stereocenters. The van der Waals surface area contributed by atoms with E-state index >= 15 is 0 Å². The van der Waals surface area contributed by atoms with Gasteiger partial charge >= 0.3 is 11.8 Å². The van der Waals surface area contributed by atoms with E-state index in [0.29, 0.717) is 17.0 Å².